The molecule has 0 atom stereocenters. The van der Waals surface area contributed by atoms with Crippen LogP contribution in [-0.4, -0.2) is 33.8 Å². The summed E-state index contributed by atoms with van der Waals surface area (Å²) in [5.41, 5.74) is 15.4. The third-order valence-electron chi connectivity index (χ3n) is 4.50. The van der Waals surface area contributed by atoms with E-state index in [0.29, 0.717) is 24.1 Å². The summed E-state index contributed by atoms with van der Waals surface area (Å²) in [5, 5.41) is 11.0. The summed E-state index contributed by atoms with van der Waals surface area (Å²) in [4.78, 5) is 8.88. The molecule has 0 spiro atoms. The van der Waals surface area contributed by atoms with Gasteiger partial charge in [0.25, 0.3) is 0 Å². The molecule has 0 aliphatic rings. The molecule has 2 heterocycles. The van der Waals surface area contributed by atoms with Gasteiger partial charge < -0.3 is 21.5 Å². The Morgan fingerprint density at radius 3 is 2.79 bits per heavy atom. The molecule has 4 rings (SSSR count). The van der Waals surface area contributed by atoms with Gasteiger partial charge in [0, 0.05) is 23.6 Å². The Morgan fingerprint density at radius 1 is 1.07 bits per heavy atom. The van der Waals surface area contributed by atoms with Crippen LogP contribution in [0.3, 0.4) is 0 Å². The number of fused-ring (bicyclic) bond motifs is 1. The van der Waals surface area contributed by atoms with E-state index in [1.165, 1.54) is 0 Å². The number of nitrogens with zero attached hydrogens (tertiary/aromatic N) is 3. The Bertz CT molecular complexity index is 1120. The van der Waals surface area contributed by atoms with E-state index in [4.69, 9.17) is 16.2 Å². The van der Waals surface area contributed by atoms with Crippen molar-refractivity contribution >= 4 is 28.5 Å². The number of nitrogen functional groups attached to an aromatic ring is 2. The van der Waals surface area contributed by atoms with E-state index in [9.17, 15) is 0 Å². The second-order valence-electron chi connectivity index (χ2n) is 6.36. The molecule has 0 unspecified atom stereocenters. The van der Waals surface area contributed by atoms with Gasteiger partial charge in [0.1, 0.15) is 11.6 Å². The van der Waals surface area contributed by atoms with Crippen molar-refractivity contribution in [2.24, 2.45) is 0 Å². The molecule has 28 heavy (non-hydrogen) atoms. The number of nitrogens with two attached hydrogens (primary N) is 2. The minimum Gasteiger partial charge on any atom is -0.496 e. The maximum atomic E-state index is 5.99. The van der Waals surface area contributed by atoms with Crippen molar-refractivity contribution in [2.75, 3.05) is 30.4 Å². The van der Waals surface area contributed by atoms with Gasteiger partial charge in [-0.25, -0.2) is 4.98 Å². The Balaban J connectivity index is 1.53. The lowest BCUT2D eigenvalue weighted by Gasteiger charge is -2.10. The SMILES string of the molecule is COc1ccccc1CCNc1nc(N)cc(-c2ccc3c(N)n[nH]c3c2)n1. The van der Waals surface area contributed by atoms with Gasteiger partial charge >= 0.3 is 0 Å². The van der Waals surface area contributed by atoms with E-state index < -0.39 is 0 Å². The molecule has 142 valence electrons. The second kappa shape index (κ2) is 7.43. The topological polar surface area (TPSA) is 128 Å². The third-order valence-corrected chi connectivity index (χ3v) is 4.50. The zero-order valence-corrected chi connectivity index (χ0v) is 15.4. The molecule has 0 saturated carbocycles. The van der Waals surface area contributed by atoms with Gasteiger partial charge in [0.2, 0.25) is 5.95 Å². The molecule has 0 aliphatic carbocycles. The quantitative estimate of drug-likeness (QED) is 0.408. The molecule has 2 aromatic heterocycles. The van der Waals surface area contributed by atoms with Crippen LogP contribution in [0.1, 0.15) is 5.56 Å². The molecule has 6 N–H and O–H groups in total. The highest BCUT2D eigenvalue weighted by molar-refractivity contribution is 5.91. The van der Waals surface area contributed by atoms with E-state index in [1.807, 2.05) is 42.5 Å². The maximum absolute atomic E-state index is 5.99. The number of aromatic nitrogens is 4. The van der Waals surface area contributed by atoms with Gasteiger partial charge in [-0.1, -0.05) is 24.3 Å². The van der Waals surface area contributed by atoms with E-state index in [0.717, 1.165) is 39.9 Å². The van der Waals surface area contributed by atoms with E-state index in [1.54, 1.807) is 13.2 Å². The molecule has 0 bridgehead atoms. The van der Waals surface area contributed by atoms with Gasteiger partial charge in [0.05, 0.1) is 18.3 Å². The number of para-hydroxylation sites is 1. The number of aromatic amines is 1. The number of nitrogens with one attached hydrogen (secondary N) is 2. The molecule has 0 saturated heterocycles. The number of ether oxygens (including phenoxy) is 1. The highest BCUT2D eigenvalue weighted by atomic mass is 16.5. The van der Waals surface area contributed by atoms with Gasteiger partial charge in [-0.05, 0) is 30.2 Å². The molecule has 0 aliphatic heterocycles. The molecular weight excluding hydrogens is 354 g/mol. The number of benzene rings is 2. The molecule has 8 nitrogen and oxygen atoms in total. The van der Waals surface area contributed by atoms with Crippen LogP contribution >= 0.6 is 0 Å². The molecular formula is C20H21N7O. The van der Waals surface area contributed by atoms with E-state index in [2.05, 4.69) is 25.5 Å². The number of H-pyrrole nitrogens is 1. The van der Waals surface area contributed by atoms with Crippen LogP contribution in [0, 0.1) is 0 Å². The van der Waals surface area contributed by atoms with Crippen molar-refractivity contribution in [3.63, 3.8) is 0 Å². The zero-order valence-electron chi connectivity index (χ0n) is 15.4. The fourth-order valence-electron chi connectivity index (χ4n) is 3.11. The van der Waals surface area contributed by atoms with Crippen LogP contribution in [0.4, 0.5) is 17.6 Å². The van der Waals surface area contributed by atoms with E-state index in [-0.39, 0.29) is 0 Å². The van der Waals surface area contributed by atoms with Crippen molar-refractivity contribution in [3.8, 4) is 17.0 Å². The third kappa shape index (κ3) is 3.52. The van der Waals surface area contributed by atoms with Crippen LogP contribution in [0.15, 0.2) is 48.5 Å². The average molecular weight is 375 g/mol. The normalized spacial score (nSPS) is 10.9. The Labute approximate surface area is 162 Å². The number of methoxy groups -OCH3 is 1. The number of hydrogen-bond acceptors (Lipinski definition) is 7. The summed E-state index contributed by atoms with van der Waals surface area (Å²) in [6, 6.07) is 15.5. The number of rotatable bonds is 6. The maximum Gasteiger partial charge on any atom is 0.225 e. The molecule has 4 aromatic rings. The molecule has 8 heteroatoms. The summed E-state index contributed by atoms with van der Waals surface area (Å²) < 4.78 is 5.39. The van der Waals surface area contributed by atoms with Gasteiger partial charge in [-0.2, -0.15) is 10.1 Å². The fraction of sp³-hybridized carbons (Fsp3) is 0.150. The summed E-state index contributed by atoms with van der Waals surface area (Å²) in [6.07, 6.45) is 0.775. The van der Waals surface area contributed by atoms with Gasteiger partial charge in [-0.3, -0.25) is 5.10 Å². The van der Waals surface area contributed by atoms with E-state index >= 15 is 0 Å². The highest BCUT2D eigenvalue weighted by Gasteiger charge is 2.09. The second-order valence-corrected chi connectivity index (χ2v) is 6.36. The lowest BCUT2D eigenvalue weighted by molar-refractivity contribution is 0.410. The first-order chi connectivity index (χ1) is 13.6. The summed E-state index contributed by atoms with van der Waals surface area (Å²) in [7, 11) is 1.67. The summed E-state index contributed by atoms with van der Waals surface area (Å²) >= 11 is 0. The average Bonchev–Trinajstić information content (AvgIpc) is 3.08. The van der Waals surface area contributed by atoms with Gasteiger partial charge in [0.15, 0.2) is 5.82 Å². The van der Waals surface area contributed by atoms with Crippen molar-refractivity contribution in [1.29, 1.82) is 0 Å². The first-order valence-corrected chi connectivity index (χ1v) is 8.88. The Morgan fingerprint density at radius 2 is 1.93 bits per heavy atom. The Hall–Kier alpha value is -3.81. The number of hydrogen-bond donors (Lipinski definition) is 4. The monoisotopic (exact) mass is 375 g/mol. The molecule has 2 aromatic carbocycles. The first-order valence-electron chi connectivity index (χ1n) is 8.88. The molecule has 0 fully saturated rings. The highest BCUT2D eigenvalue weighted by Crippen LogP contribution is 2.26. The Kier molecular flexibility index (Phi) is 4.67. The zero-order chi connectivity index (χ0) is 19.5. The fourth-order valence-corrected chi connectivity index (χ4v) is 3.11. The van der Waals surface area contributed by atoms with Crippen LogP contribution in [0.25, 0.3) is 22.2 Å². The first kappa shape index (κ1) is 17.6. The van der Waals surface area contributed by atoms with Crippen LogP contribution in [0.5, 0.6) is 5.75 Å². The molecule has 0 amide bonds. The predicted octanol–water partition coefficient (Wildman–Crippen LogP) is 2.85. The summed E-state index contributed by atoms with van der Waals surface area (Å²) in [6.45, 7) is 0.652. The molecule has 0 radical (unpaired) electrons. The van der Waals surface area contributed by atoms with Crippen molar-refractivity contribution in [2.45, 2.75) is 6.42 Å². The van der Waals surface area contributed by atoms with Crippen LogP contribution in [0.2, 0.25) is 0 Å². The van der Waals surface area contributed by atoms with Crippen molar-refractivity contribution < 1.29 is 4.74 Å². The lowest BCUT2D eigenvalue weighted by atomic mass is 10.1. The largest absolute Gasteiger partial charge is 0.496 e. The van der Waals surface area contributed by atoms with Gasteiger partial charge in [-0.15, -0.1) is 0 Å². The van der Waals surface area contributed by atoms with Crippen molar-refractivity contribution in [1.82, 2.24) is 20.2 Å². The minimum atomic E-state index is 0.397. The lowest BCUT2D eigenvalue weighted by Crippen LogP contribution is -2.10. The van der Waals surface area contributed by atoms with Crippen molar-refractivity contribution in [3.05, 3.63) is 54.1 Å². The van der Waals surface area contributed by atoms with Crippen LogP contribution in [-0.2, 0) is 6.42 Å². The predicted molar refractivity (Wildman–Crippen MR) is 111 cm³/mol. The minimum absolute atomic E-state index is 0.397. The smallest absolute Gasteiger partial charge is 0.225 e. The van der Waals surface area contributed by atoms with Crippen LogP contribution < -0.4 is 21.5 Å². The standard InChI is InChI=1S/C20H21N7O/c1-28-17-5-3-2-4-12(17)8-9-23-20-24-15(11-18(21)25-20)13-6-7-14-16(10-13)26-27-19(14)22/h2-7,10-11H,8-9H2,1H3,(H3,22,26,27)(H3,21,23,24,25). The number of anilines is 3. The summed E-state index contributed by atoms with van der Waals surface area (Å²) in [5.74, 6) is 2.22.